The van der Waals surface area contributed by atoms with Gasteiger partial charge in [0.25, 0.3) is 11.5 Å². The molecular weight excluding hydrogens is 616 g/mol. The van der Waals surface area contributed by atoms with Gasteiger partial charge in [0, 0.05) is 41.0 Å². The van der Waals surface area contributed by atoms with Crippen molar-refractivity contribution in [2.45, 2.75) is 44.8 Å². The molecule has 1 atom stereocenters. The van der Waals surface area contributed by atoms with Crippen molar-refractivity contribution in [3.8, 4) is 28.7 Å². The number of methoxy groups -OCH3 is 1. The first kappa shape index (κ1) is 32.4. The highest BCUT2D eigenvalue weighted by Gasteiger charge is 2.27. The summed E-state index contributed by atoms with van der Waals surface area (Å²) in [5.41, 5.74) is 0.0617. The molecule has 3 N–H and O–H groups in total. The predicted molar refractivity (Wildman–Crippen MR) is 178 cm³/mol. The van der Waals surface area contributed by atoms with Gasteiger partial charge in [-0.15, -0.1) is 0 Å². The molecule has 5 aromatic rings. The maximum Gasteiger partial charge on any atom is 0.268 e. The number of anilines is 1. The third-order valence-electron chi connectivity index (χ3n) is 8.08. The smallest absolute Gasteiger partial charge is 0.268 e. The number of rotatable bonds is 10. The Kier molecular flexibility index (Phi) is 8.94. The monoisotopic (exact) mass is 650 g/mol. The Morgan fingerprint density at radius 2 is 1.79 bits per heavy atom. The Labute approximate surface area is 275 Å². The minimum absolute atomic E-state index is 0.107. The standard InChI is InChI=1S/C36H34N4O8/c1-36(2,45)32(42)20-47-31-18-26-23(17-30(31)46-3)29(14-15-37-26)48-22-12-13-33(38-19-22)39-34(43)25-16-24-27(10-7-11-28(24)41)40(35(25)44)21-8-5-4-6-9-21/h4-6,8-9,12-19,32,42,45H,7,10-11,20H2,1-3H3,(H,38,39,43)/t32-/m0/s1. The topological polar surface area (TPSA) is 162 Å². The number of hydrogen-bond donors (Lipinski definition) is 3. The maximum atomic E-state index is 13.6. The molecule has 0 saturated heterocycles. The molecule has 48 heavy (non-hydrogen) atoms. The number of aromatic nitrogens is 3. The van der Waals surface area contributed by atoms with Crippen LogP contribution >= 0.6 is 0 Å². The summed E-state index contributed by atoms with van der Waals surface area (Å²) in [5, 5.41) is 23.5. The molecule has 2 aromatic carbocycles. The van der Waals surface area contributed by atoms with Crippen LogP contribution in [0.5, 0.6) is 23.0 Å². The van der Waals surface area contributed by atoms with Gasteiger partial charge in [-0.05, 0) is 69.2 Å². The number of aliphatic hydroxyl groups is 2. The summed E-state index contributed by atoms with van der Waals surface area (Å²) in [5.74, 6) is 0.891. The van der Waals surface area contributed by atoms with Crippen LogP contribution in [0.15, 0.2) is 83.9 Å². The molecule has 0 unspecified atom stereocenters. The number of carbonyl (C=O) groups excluding carboxylic acids is 2. The average Bonchev–Trinajstić information content (AvgIpc) is 3.07. The SMILES string of the molecule is COc1cc2c(Oc3ccc(NC(=O)c4cc5c(n(-c6ccccc6)c4=O)CCCC5=O)nc3)ccnc2cc1OC[C@H](O)C(C)(C)O. The highest BCUT2D eigenvalue weighted by molar-refractivity contribution is 6.06. The molecule has 0 radical (unpaired) electrons. The van der Waals surface area contributed by atoms with Crippen molar-refractivity contribution >= 4 is 28.4 Å². The summed E-state index contributed by atoms with van der Waals surface area (Å²) in [6.07, 6.45) is 3.40. The summed E-state index contributed by atoms with van der Waals surface area (Å²) in [4.78, 5) is 48.5. The Morgan fingerprint density at radius 1 is 1.00 bits per heavy atom. The highest BCUT2D eigenvalue weighted by atomic mass is 16.5. The number of Topliss-reactive ketones (excluding diaryl/α,β-unsaturated/α-hetero) is 1. The van der Waals surface area contributed by atoms with Gasteiger partial charge in [-0.25, -0.2) is 4.98 Å². The molecule has 246 valence electrons. The number of fused-ring (bicyclic) bond motifs is 2. The number of para-hydroxylation sites is 1. The Morgan fingerprint density at radius 3 is 2.50 bits per heavy atom. The van der Waals surface area contributed by atoms with E-state index in [4.69, 9.17) is 14.2 Å². The first-order valence-corrected chi connectivity index (χ1v) is 15.4. The number of ether oxygens (including phenoxy) is 3. The molecule has 0 fully saturated rings. The third-order valence-corrected chi connectivity index (χ3v) is 8.08. The fourth-order valence-electron chi connectivity index (χ4n) is 5.39. The summed E-state index contributed by atoms with van der Waals surface area (Å²) >= 11 is 0. The van der Waals surface area contributed by atoms with E-state index in [9.17, 15) is 24.6 Å². The molecule has 0 aliphatic heterocycles. The Balaban J connectivity index is 1.22. The molecule has 1 aliphatic carbocycles. The summed E-state index contributed by atoms with van der Waals surface area (Å²) < 4.78 is 18.8. The van der Waals surface area contributed by atoms with E-state index in [1.807, 2.05) is 6.07 Å². The predicted octanol–water partition coefficient (Wildman–Crippen LogP) is 4.86. The van der Waals surface area contributed by atoms with Crippen LogP contribution in [0.4, 0.5) is 5.82 Å². The molecule has 6 rings (SSSR count). The minimum atomic E-state index is -1.35. The number of pyridine rings is 3. The van der Waals surface area contributed by atoms with Crippen molar-refractivity contribution < 1.29 is 34.0 Å². The van der Waals surface area contributed by atoms with Crippen molar-refractivity contribution in [2.75, 3.05) is 19.0 Å². The van der Waals surface area contributed by atoms with E-state index in [1.165, 1.54) is 43.9 Å². The van der Waals surface area contributed by atoms with Gasteiger partial charge in [0.2, 0.25) is 0 Å². The lowest BCUT2D eigenvalue weighted by atomic mass is 9.92. The molecule has 12 heteroatoms. The van der Waals surface area contributed by atoms with Crippen LogP contribution in [0.25, 0.3) is 16.6 Å². The van der Waals surface area contributed by atoms with Gasteiger partial charge in [-0.1, -0.05) is 18.2 Å². The lowest BCUT2D eigenvalue weighted by Crippen LogP contribution is -2.40. The second-order valence-electron chi connectivity index (χ2n) is 11.9. The lowest BCUT2D eigenvalue weighted by Gasteiger charge is -2.24. The molecule has 0 spiro atoms. The van der Waals surface area contributed by atoms with Gasteiger partial charge in [-0.2, -0.15) is 0 Å². The second-order valence-corrected chi connectivity index (χ2v) is 11.9. The number of nitrogens with zero attached hydrogens (tertiary/aromatic N) is 3. The first-order chi connectivity index (χ1) is 23.0. The zero-order valence-corrected chi connectivity index (χ0v) is 26.6. The number of aliphatic hydroxyl groups excluding tert-OH is 1. The number of carbonyl (C=O) groups is 2. The van der Waals surface area contributed by atoms with Crippen molar-refractivity contribution in [1.29, 1.82) is 0 Å². The van der Waals surface area contributed by atoms with Gasteiger partial charge in [0.05, 0.1) is 24.4 Å². The molecule has 0 bridgehead atoms. The average molecular weight is 651 g/mol. The summed E-state index contributed by atoms with van der Waals surface area (Å²) in [6.45, 7) is 2.81. The van der Waals surface area contributed by atoms with Crippen LogP contribution in [0.2, 0.25) is 0 Å². The number of hydrogen-bond acceptors (Lipinski definition) is 10. The van der Waals surface area contributed by atoms with Crippen LogP contribution in [-0.2, 0) is 6.42 Å². The number of amides is 1. The zero-order valence-electron chi connectivity index (χ0n) is 26.6. The minimum Gasteiger partial charge on any atom is -0.493 e. The van der Waals surface area contributed by atoms with E-state index >= 15 is 0 Å². The van der Waals surface area contributed by atoms with Crippen LogP contribution in [0.3, 0.4) is 0 Å². The van der Waals surface area contributed by atoms with E-state index in [0.29, 0.717) is 70.1 Å². The fraction of sp³-hybridized carbons (Fsp3) is 0.250. The van der Waals surface area contributed by atoms with E-state index in [-0.39, 0.29) is 23.8 Å². The van der Waals surface area contributed by atoms with Gasteiger partial charge >= 0.3 is 0 Å². The van der Waals surface area contributed by atoms with Crippen molar-refractivity contribution in [3.05, 3.63) is 106 Å². The second kappa shape index (κ2) is 13.3. The zero-order chi connectivity index (χ0) is 34.0. The molecule has 1 amide bonds. The number of nitrogens with one attached hydrogen (secondary N) is 1. The van der Waals surface area contributed by atoms with Crippen LogP contribution < -0.4 is 25.1 Å². The normalized spacial score (nSPS) is 13.5. The van der Waals surface area contributed by atoms with Gasteiger partial charge < -0.3 is 29.7 Å². The number of ketones is 1. The van der Waals surface area contributed by atoms with Crippen LogP contribution in [0.1, 0.15) is 53.1 Å². The fourth-order valence-corrected chi connectivity index (χ4v) is 5.39. The van der Waals surface area contributed by atoms with Gasteiger partial charge in [0.1, 0.15) is 35.6 Å². The number of benzene rings is 2. The summed E-state index contributed by atoms with van der Waals surface area (Å²) in [6, 6.07) is 18.5. The van der Waals surface area contributed by atoms with Crippen LogP contribution in [0, 0.1) is 0 Å². The lowest BCUT2D eigenvalue weighted by molar-refractivity contribution is -0.0663. The van der Waals surface area contributed by atoms with E-state index in [0.717, 1.165) is 0 Å². The first-order valence-electron chi connectivity index (χ1n) is 15.4. The Bertz CT molecular complexity index is 2050. The highest BCUT2D eigenvalue weighted by Crippen LogP contribution is 2.37. The molecule has 12 nitrogen and oxygen atoms in total. The van der Waals surface area contributed by atoms with Crippen LogP contribution in [-0.4, -0.2) is 61.9 Å². The Hall–Kier alpha value is -5.59. The van der Waals surface area contributed by atoms with Crippen molar-refractivity contribution in [1.82, 2.24) is 14.5 Å². The largest absolute Gasteiger partial charge is 0.493 e. The third kappa shape index (κ3) is 6.61. The molecular formula is C36H34N4O8. The quantitative estimate of drug-likeness (QED) is 0.190. The van der Waals surface area contributed by atoms with E-state index < -0.39 is 23.2 Å². The van der Waals surface area contributed by atoms with E-state index in [1.54, 1.807) is 54.7 Å². The maximum absolute atomic E-state index is 13.6. The molecule has 3 aromatic heterocycles. The van der Waals surface area contributed by atoms with Gasteiger partial charge in [0.15, 0.2) is 17.3 Å². The van der Waals surface area contributed by atoms with E-state index in [2.05, 4.69) is 15.3 Å². The summed E-state index contributed by atoms with van der Waals surface area (Å²) in [7, 11) is 1.48. The molecule has 3 heterocycles. The van der Waals surface area contributed by atoms with Gasteiger partial charge in [-0.3, -0.25) is 23.9 Å². The van der Waals surface area contributed by atoms with Crippen molar-refractivity contribution in [2.24, 2.45) is 0 Å². The van der Waals surface area contributed by atoms with Crippen molar-refractivity contribution in [3.63, 3.8) is 0 Å². The molecule has 0 saturated carbocycles. The molecule has 1 aliphatic rings.